The molecule has 1 aromatic rings. The van der Waals surface area contributed by atoms with E-state index in [0.717, 1.165) is 17.0 Å². The van der Waals surface area contributed by atoms with E-state index in [1.54, 1.807) is 7.05 Å². The maximum atomic E-state index is 6.05. The average Bonchev–Trinajstić information content (AvgIpc) is 2.20. The molecule has 1 rings (SSSR count). The van der Waals surface area contributed by atoms with Crippen LogP contribution in [0.4, 0.5) is 0 Å². The van der Waals surface area contributed by atoms with Gasteiger partial charge in [0.15, 0.2) is 0 Å². The molecule has 0 aliphatic heterocycles. The third kappa shape index (κ3) is 3.13. The van der Waals surface area contributed by atoms with E-state index in [0.29, 0.717) is 0 Å². The molecule has 1 atom stereocenters. The van der Waals surface area contributed by atoms with Gasteiger partial charge in [-0.2, -0.15) is 0 Å². The van der Waals surface area contributed by atoms with E-state index >= 15 is 0 Å². The van der Waals surface area contributed by atoms with Crippen LogP contribution < -0.4 is 5.32 Å². The average molecular weight is 211 g/mol. The molecule has 0 spiro atoms. The van der Waals surface area contributed by atoms with E-state index in [2.05, 4.69) is 10.3 Å². The molecule has 14 heavy (non-hydrogen) atoms. The lowest BCUT2D eigenvalue weighted by molar-refractivity contribution is 0.706. The zero-order valence-electron chi connectivity index (χ0n) is 8.50. The van der Waals surface area contributed by atoms with Crippen LogP contribution in [0.15, 0.2) is 29.3 Å². The Hall–Kier alpha value is -0.860. The molecule has 0 saturated heterocycles. The number of hydrogen-bond acceptors (Lipinski definition) is 2. The molecule has 1 N–H and O–H groups in total. The number of benzene rings is 1. The maximum absolute atomic E-state index is 6.05. The largest absolute Gasteiger partial charge is 0.312 e. The van der Waals surface area contributed by atoms with Gasteiger partial charge < -0.3 is 5.32 Å². The lowest BCUT2D eigenvalue weighted by Crippen LogP contribution is -2.29. The first-order valence-corrected chi connectivity index (χ1v) is 4.98. The van der Waals surface area contributed by atoms with Crippen molar-refractivity contribution in [3.8, 4) is 0 Å². The number of aliphatic imine (C=N–C) groups is 1. The Bertz CT molecular complexity index is 310. The summed E-state index contributed by atoms with van der Waals surface area (Å²) in [6.07, 6.45) is 2.76. The van der Waals surface area contributed by atoms with Crippen LogP contribution in [0.2, 0.25) is 5.02 Å². The Morgan fingerprint density at radius 2 is 2.21 bits per heavy atom. The van der Waals surface area contributed by atoms with Crippen LogP contribution in [0.3, 0.4) is 0 Å². The van der Waals surface area contributed by atoms with Gasteiger partial charge >= 0.3 is 0 Å². The van der Waals surface area contributed by atoms with Gasteiger partial charge in [0.2, 0.25) is 0 Å². The predicted octanol–water partition coefficient (Wildman–Crippen LogP) is 2.17. The van der Waals surface area contributed by atoms with Crippen molar-refractivity contribution in [3.05, 3.63) is 34.9 Å². The quantitative estimate of drug-likeness (QED) is 0.757. The minimum absolute atomic E-state index is 0.250. The van der Waals surface area contributed by atoms with Gasteiger partial charge in [0.1, 0.15) is 0 Å². The summed E-state index contributed by atoms with van der Waals surface area (Å²) in [5, 5.41) is 3.99. The Morgan fingerprint density at radius 3 is 2.79 bits per heavy atom. The summed E-state index contributed by atoms with van der Waals surface area (Å²) >= 11 is 6.05. The summed E-state index contributed by atoms with van der Waals surface area (Å²) in [6.45, 7) is 0. The van der Waals surface area contributed by atoms with Crippen LogP contribution in [0.1, 0.15) is 5.56 Å². The van der Waals surface area contributed by atoms with Gasteiger partial charge in [0, 0.05) is 24.3 Å². The second-order valence-electron chi connectivity index (χ2n) is 3.10. The van der Waals surface area contributed by atoms with Gasteiger partial charge in [0.25, 0.3) is 0 Å². The van der Waals surface area contributed by atoms with Crippen LogP contribution in [0.5, 0.6) is 0 Å². The van der Waals surface area contributed by atoms with Crippen molar-refractivity contribution in [2.75, 3.05) is 14.1 Å². The SMILES string of the molecule is C/N=C/C(Cc1ccccc1Cl)NC. The fourth-order valence-electron chi connectivity index (χ4n) is 1.31. The first-order chi connectivity index (χ1) is 6.77. The van der Waals surface area contributed by atoms with Gasteiger partial charge in [0.05, 0.1) is 0 Å². The smallest absolute Gasteiger partial charge is 0.0459 e. The van der Waals surface area contributed by atoms with Crippen molar-refractivity contribution in [2.45, 2.75) is 12.5 Å². The van der Waals surface area contributed by atoms with E-state index < -0.39 is 0 Å². The predicted molar refractivity (Wildman–Crippen MR) is 62.4 cm³/mol. The molecule has 0 amide bonds. The summed E-state index contributed by atoms with van der Waals surface area (Å²) in [5.74, 6) is 0. The number of nitrogens with zero attached hydrogens (tertiary/aromatic N) is 1. The van der Waals surface area contributed by atoms with Crippen LogP contribution in [-0.4, -0.2) is 26.4 Å². The number of halogens is 1. The van der Waals surface area contributed by atoms with E-state index in [1.807, 2.05) is 37.5 Å². The fraction of sp³-hybridized carbons (Fsp3) is 0.364. The topological polar surface area (TPSA) is 24.4 Å². The standard InChI is InChI=1S/C11H15ClN2/c1-13-8-10(14-2)7-9-5-3-4-6-11(9)12/h3-6,8,10,14H,7H2,1-2H3/b13-8+. The molecule has 0 heterocycles. The minimum atomic E-state index is 0.250. The first-order valence-electron chi connectivity index (χ1n) is 4.61. The van der Waals surface area contributed by atoms with Crippen LogP contribution in [0.25, 0.3) is 0 Å². The molecule has 0 aliphatic rings. The van der Waals surface area contributed by atoms with Crippen LogP contribution in [0, 0.1) is 0 Å². The molecular weight excluding hydrogens is 196 g/mol. The second-order valence-corrected chi connectivity index (χ2v) is 3.51. The first kappa shape index (κ1) is 11.2. The third-order valence-corrected chi connectivity index (χ3v) is 2.47. The normalized spacial score (nSPS) is 13.4. The lowest BCUT2D eigenvalue weighted by atomic mass is 10.1. The van der Waals surface area contributed by atoms with Gasteiger partial charge in [-0.25, -0.2) is 0 Å². The Balaban J connectivity index is 2.71. The number of hydrogen-bond donors (Lipinski definition) is 1. The molecule has 2 nitrogen and oxygen atoms in total. The molecule has 0 radical (unpaired) electrons. The molecule has 0 fully saturated rings. The molecule has 0 aromatic heterocycles. The lowest BCUT2D eigenvalue weighted by Gasteiger charge is -2.11. The Kier molecular flexibility index (Phi) is 4.63. The third-order valence-electron chi connectivity index (χ3n) is 2.10. The monoisotopic (exact) mass is 210 g/mol. The minimum Gasteiger partial charge on any atom is -0.312 e. The van der Waals surface area contributed by atoms with E-state index in [4.69, 9.17) is 11.6 Å². The zero-order valence-corrected chi connectivity index (χ0v) is 9.25. The van der Waals surface area contributed by atoms with E-state index in [9.17, 15) is 0 Å². The summed E-state index contributed by atoms with van der Waals surface area (Å²) in [6, 6.07) is 8.13. The molecule has 3 heteroatoms. The van der Waals surface area contributed by atoms with Crippen molar-refractivity contribution in [1.29, 1.82) is 0 Å². The molecule has 0 bridgehead atoms. The molecule has 76 valence electrons. The van der Waals surface area contributed by atoms with Gasteiger partial charge in [-0.1, -0.05) is 29.8 Å². The van der Waals surface area contributed by atoms with Crippen LogP contribution >= 0.6 is 11.6 Å². The highest BCUT2D eigenvalue weighted by Crippen LogP contribution is 2.16. The van der Waals surface area contributed by atoms with E-state index in [1.165, 1.54) is 0 Å². The van der Waals surface area contributed by atoms with Crippen molar-refractivity contribution in [1.82, 2.24) is 5.32 Å². The molecule has 1 unspecified atom stereocenters. The highest BCUT2D eigenvalue weighted by Gasteiger charge is 2.06. The van der Waals surface area contributed by atoms with Crippen molar-refractivity contribution < 1.29 is 0 Å². The van der Waals surface area contributed by atoms with E-state index in [-0.39, 0.29) is 6.04 Å². The summed E-state index contributed by atoms with van der Waals surface area (Å²) in [5.41, 5.74) is 1.15. The highest BCUT2D eigenvalue weighted by molar-refractivity contribution is 6.31. The molecule has 0 aliphatic carbocycles. The summed E-state index contributed by atoms with van der Waals surface area (Å²) < 4.78 is 0. The van der Waals surface area contributed by atoms with Gasteiger partial charge in [-0.05, 0) is 25.1 Å². The molecule has 1 aromatic carbocycles. The van der Waals surface area contributed by atoms with Crippen molar-refractivity contribution >= 4 is 17.8 Å². The van der Waals surface area contributed by atoms with Gasteiger partial charge in [-0.15, -0.1) is 0 Å². The second kappa shape index (κ2) is 5.78. The summed E-state index contributed by atoms with van der Waals surface area (Å²) in [7, 11) is 3.69. The molecule has 0 saturated carbocycles. The summed E-state index contributed by atoms with van der Waals surface area (Å²) in [4.78, 5) is 4.00. The van der Waals surface area contributed by atoms with Crippen LogP contribution in [-0.2, 0) is 6.42 Å². The fourth-order valence-corrected chi connectivity index (χ4v) is 1.52. The highest BCUT2D eigenvalue weighted by atomic mass is 35.5. The number of rotatable bonds is 4. The number of likely N-dealkylation sites (N-methyl/N-ethyl adjacent to an activating group) is 1. The molecular formula is C11H15ClN2. The van der Waals surface area contributed by atoms with Gasteiger partial charge in [-0.3, -0.25) is 4.99 Å². The maximum Gasteiger partial charge on any atom is 0.0459 e. The van der Waals surface area contributed by atoms with Crippen molar-refractivity contribution in [3.63, 3.8) is 0 Å². The zero-order chi connectivity index (χ0) is 10.4. The van der Waals surface area contributed by atoms with Crippen molar-refractivity contribution in [2.24, 2.45) is 4.99 Å². The number of nitrogens with one attached hydrogen (secondary N) is 1. The Labute approximate surface area is 90.0 Å². The Morgan fingerprint density at radius 1 is 1.50 bits per heavy atom.